The Kier molecular flexibility index (Phi) is 7.60. The lowest BCUT2D eigenvalue weighted by Gasteiger charge is -2.17. The van der Waals surface area contributed by atoms with Crippen LogP contribution >= 0.6 is 11.6 Å². The number of alkyl halides is 1. The van der Waals surface area contributed by atoms with E-state index in [0.717, 1.165) is 13.0 Å². The van der Waals surface area contributed by atoms with Gasteiger partial charge < -0.3 is 5.32 Å². The first-order chi connectivity index (χ1) is 10.3. The van der Waals surface area contributed by atoms with Crippen LogP contribution in [0.2, 0.25) is 0 Å². The maximum atomic E-state index is 6.49. The van der Waals surface area contributed by atoms with Crippen LogP contribution < -0.4 is 5.32 Å². The van der Waals surface area contributed by atoms with Crippen molar-refractivity contribution in [3.63, 3.8) is 0 Å². The van der Waals surface area contributed by atoms with Crippen LogP contribution in [-0.4, -0.2) is 11.9 Å². The van der Waals surface area contributed by atoms with E-state index >= 15 is 0 Å². The van der Waals surface area contributed by atoms with Crippen molar-refractivity contribution in [1.82, 2.24) is 5.32 Å². The molecule has 0 spiro atoms. The minimum Gasteiger partial charge on any atom is -0.309 e. The van der Waals surface area contributed by atoms with Crippen molar-refractivity contribution in [2.24, 2.45) is 0 Å². The van der Waals surface area contributed by atoms with Crippen LogP contribution in [0.1, 0.15) is 75.5 Å². The van der Waals surface area contributed by atoms with E-state index in [1.807, 2.05) is 0 Å². The molecule has 1 N–H and O–H groups in total. The van der Waals surface area contributed by atoms with Crippen LogP contribution in [0.25, 0.3) is 0 Å². The lowest BCUT2D eigenvalue weighted by Crippen LogP contribution is -2.26. The van der Waals surface area contributed by atoms with Crippen molar-refractivity contribution in [2.45, 2.75) is 76.1 Å². The maximum absolute atomic E-state index is 6.49. The molecule has 0 bridgehead atoms. The van der Waals surface area contributed by atoms with Crippen molar-refractivity contribution >= 4 is 11.6 Å². The smallest absolute Gasteiger partial charge is 0.0571 e. The Morgan fingerprint density at radius 1 is 1.00 bits per heavy atom. The van der Waals surface area contributed by atoms with Gasteiger partial charge in [0.2, 0.25) is 0 Å². The summed E-state index contributed by atoms with van der Waals surface area (Å²) in [6.45, 7) is 3.37. The van der Waals surface area contributed by atoms with Crippen LogP contribution in [-0.2, 0) is 6.42 Å². The predicted octanol–water partition coefficient (Wildman–Crippen LogP) is 5.62. The van der Waals surface area contributed by atoms with Crippen LogP contribution in [0.5, 0.6) is 0 Å². The molecule has 1 nitrogen and oxygen atoms in total. The summed E-state index contributed by atoms with van der Waals surface area (Å²) in [6.07, 6.45) is 12.0. The number of hydrogen-bond acceptors (Lipinski definition) is 1. The van der Waals surface area contributed by atoms with E-state index in [-0.39, 0.29) is 5.38 Å². The molecule has 0 fully saturated rings. The van der Waals surface area contributed by atoms with Gasteiger partial charge in [-0.25, -0.2) is 0 Å². The van der Waals surface area contributed by atoms with Gasteiger partial charge in [-0.15, -0.1) is 11.6 Å². The fourth-order valence-electron chi connectivity index (χ4n) is 3.30. The summed E-state index contributed by atoms with van der Waals surface area (Å²) < 4.78 is 0. The lowest BCUT2D eigenvalue weighted by atomic mass is 10.1. The average Bonchev–Trinajstić information content (AvgIpc) is 2.81. The van der Waals surface area contributed by atoms with Gasteiger partial charge in [0.05, 0.1) is 5.38 Å². The molecule has 1 aromatic carbocycles. The summed E-state index contributed by atoms with van der Waals surface area (Å²) in [5.41, 5.74) is 2.84. The van der Waals surface area contributed by atoms with Crippen molar-refractivity contribution in [2.75, 3.05) is 6.54 Å². The largest absolute Gasteiger partial charge is 0.309 e. The van der Waals surface area contributed by atoms with Gasteiger partial charge in [-0.2, -0.15) is 0 Å². The quantitative estimate of drug-likeness (QED) is 0.437. The second kappa shape index (κ2) is 9.48. The highest BCUT2D eigenvalue weighted by Gasteiger charge is 2.29. The zero-order chi connectivity index (χ0) is 14.9. The minimum absolute atomic E-state index is 0.219. The van der Waals surface area contributed by atoms with E-state index in [2.05, 4.69) is 36.5 Å². The first-order valence-electron chi connectivity index (χ1n) is 8.78. The molecule has 0 aromatic heterocycles. The topological polar surface area (TPSA) is 12.0 Å². The van der Waals surface area contributed by atoms with Crippen LogP contribution in [0.15, 0.2) is 24.3 Å². The van der Waals surface area contributed by atoms with Crippen molar-refractivity contribution in [3.8, 4) is 0 Å². The standard InChI is InChI=1S/C19H30ClN/c1-2-3-4-5-6-7-8-11-14-21-19-17-13-10-9-12-16(17)15-18(19)20/h9-10,12-13,18-19,21H,2-8,11,14-15H2,1H3. The van der Waals surface area contributed by atoms with Crippen LogP contribution in [0.4, 0.5) is 0 Å². The Morgan fingerprint density at radius 2 is 1.67 bits per heavy atom. The average molecular weight is 308 g/mol. The van der Waals surface area contributed by atoms with E-state index in [1.54, 1.807) is 0 Å². The predicted molar refractivity (Wildman–Crippen MR) is 93.1 cm³/mol. The minimum atomic E-state index is 0.219. The van der Waals surface area contributed by atoms with Gasteiger partial charge in [0.15, 0.2) is 0 Å². The highest BCUT2D eigenvalue weighted by molar-refractivity contribution is 6.21. The molecular weight excluding hydrogens is 278 g/mol. The number of nitrogens with one attached hydrogen (secondary N) is 1. The zero-order valence-corrected chi connectivity index (χ0v) is 14.2. The molecule has 2 heteroatoms. The molecule has 1 aliphatic carbocycles. The van der Waals surface area contributed by atoms with Gasteiger partial charge >= 0.3 is 0 Å². The number of hydrogen-bond donors (Lipinski definition) is 1. The molecule has 0 heterocycles. The molecule has 21 heavy (non-hydrogen) atoms. The number of rotatable bonds is 10. The molecule has 1 aliphatic rings. The molecule has 0 saturated heterocycles. The fraction of sp³-hybridized carbons (Fsp3) is 0.684. The molecule has 2 atom stereocenters. The number of benzene rings is 1. The van der Waals surface area contributed by atoms with Gasteiger partial charge in [0, 0.05) is 6.04 Å². The first kappa shape index (κ1) is 16.8. The zero-order valence-electron chi connectivity index (χ0n) is 13.4. The first-order valence-corrected chi connectivity index (χ1v) is 9.22. The number of unbranched alkanes of at least 4 members (excludes halogenated alkanes) is 7. The lowest BCUT2D eigenvalue weighted by molar-refractivity contribution is 0.502. The van der Waals surface area contributed by atoms with E-state index in [4.69, 9.17) is 11.6 Å². The summed E-state index contributed by atoms with van der Waals surface area (Å²) in [4.78, 5) is 0. The molecular formula is C19H30ClN. The van der Waals surface area contributed by atoms with Gasteiger partial charge in [0.25, 0.3) is 0 Å². The van der Waals surface area contributed by atoms with Crippen molar-refractivity contribution < 1.29 is 0 Å². The highest BCUT2D eigenvalue weighted by Crippen LogP contribution is 2.34. The van der Waals surface area contributed by atoms with E-state index in [0.29, 0.717) is 6.04 Å². The molecule has 2 unspecified atom stereocenters. The molecule has 0 amide bonds. The summed E-state index contributed by atoms with van der Waals surface area (Å²) in [5.74, 6) is 0. The monoisotopic (exact) mass is 307 g/mol. The second-order valence-corrected chi connectivity index (χ2v) is 6.89. The third kappa shape index (κ3) is 5.30. The van der Waals surface area contributed by atoms with E-state index in [1.165, 1.54) is 62.5 Å². The van der Waals surface area contributed by atoms with Gasteiger partial charge in [0.1, 0.15) is 0 Å². The van der Waals surface area contributed by atoms with Crippen LogP contribution in [0, 0.1) is 0 Å². The molecule has 0 aliphatic heterocycles. The van der Waals surface area contributed by atoms with Crippen molar-refractivity contribution in [1.29, 1.82) is 0 Å². The SMILES string of the molecule is CCCCCCCCCCNC1c2ccccc2CC1Cl. The second-order valence-electron chi connectivity index (χ2n) is 6.33. The molecule has 0 saturated carbocycles. The third-order valence-corrected chi connectivity index (χ3v) is 4.97. The number of halogens is 1. The van der Waals surface area contributed by atoms with E-state index in [9.17, 15) is 0 Å². The summed E-state index contributed by atoms with van der Waals surface area (Å²) >= 11 is 6.49. The highest BCUT2D eigenvalue weighted by atomic mass is 35.5. The Labute approximate surface area is 135 Å². The third-order valence-electron chi connectivity index (χ3n) is 4.56. The Morgan fingerprint density at radius 3 is 2.43 bits per heavy atom. The summed E-state index contributed by atoms with van der Waals surface area (Å²) in [6, 6.07) is 9.03. The van der Waals surface area contributed by atoms with Crippen LogP contribution in [0.3, 0.4) is 0 Å². The molecule has 2 rings (SSSR count). The van der Waals surface area contributed by atoms with Gasteiger partial charge in [-0.05, 0) is 30.5 Å². The number of fused-ring (bicyclic) bond motifs is 1. The molecule has 118 valence electrons. The normalized spacial score (nSPS) is 20.7. The Balaban J connectivity index is 1.57. The Bertz CT molecular complexity index is 404. The van der Waals surface area contributed by atoms with E-state index < -0.39 is 0 Å². The maximum Gasteiger partial charge on any atom is 0.0571 e. The summed E-state index contributed by atoms with van der Waals surface area (Å²) in [7, 11) is 0. The van der Waals surface area contributed by atoms with Crippen molar-refractivity contribution in [3.05, 3.63) is 35.4 Å². The molecule has 1 aromatic rings. The summed E-state index contributed by atoms with van der Waals surface area (Å²) in [5, 5.41) is 3.89. The molecule has 0 radical (unpaired) electrons. The Hall–Kier alpha value is -0.530. The fourth-order valence-corrected chi connectivity index (χ4v) is 3.69. The van der Waals surface area contributed by atoms with Gasteiger partial charge in [-0.3, -0.25) is 0 Å². The van der Waals surface area contributed by atoms with Gasteiger partial charge in [-0.1, -0.05) is 76.1 Å².